The number of rotatable bonds is 4. The van der Waals surface area contributed by atoms with Crippen LogP contribution in [0, 0.1) is 10.1 Å². The Hall–Kier alpha value is -1.40. The van der Waals surface area contributed by atoms with Crippen LogP contribution in [0.5, 0.6) is 0 Å². The fraction of sp³-hybridized carbons (Fsp3) is 0.429. The zero-order valence-corrected chi connectivity index (χ0v) is 7.22. The zero-order chi connectivity index (χ0) is 9.84. The monoisotopic (exact) mass is 187 g/mol. The third-order valence-corrected chi connectivity index (χ3v) is 1.45. The van der Waals surface area contributed by atoms with Crippen LogP contribution in [0.25, 0.3) is 0 Å². The molecule has 6 heteroatoms. The number of hydrogen-bond donors (Lipinski definition) is 0. The Morgan fingerprint density at radius 3 is 2.46 bits per heavy atom. The van der Waals surface area contributed by atoms with Crippen molar-refractivity contribution in [2.24, 2.45) is 0 Å². The maximum Gasteiger partial charge on any atom is 0.433 e. The third-order valence-electron chi connectivity index (χ3n) is 1.45. The van der Waals surface area contributed by atoms with Gasteiger partial charge in [-0.25, -0.2) is 0 Å². The van der Waals surface area contributed by atoms with Crippen molar-refractivity contribution in [1.82, 2.24) is 0 Å². The highest BCUT2D eigenvalue weighted by atomic mass is 16.7. The predicted molar refractivity (Wildman–Crippen MR) is 42.1 cm³/mol. The molecule has 0 aromatic carbocycles. The lowest BCUT2D eigenvalue weighted by Crippen LogP contribution is -2.01. The van der Waals surface area contributed by atoms with E-state index in [4.69, 9.17) is 13.9 Å². The number of methoxy groups -OCH3 is 2. The van der Waals surface area contributed by atoms with E-state index in [1.807, 2.05) is 0 Å². The molecular weight excluding hydrogens is 178 g/mol. The second kappa shape index (κ2) is 4.01. The van der Waals surface area contributed by atoms with Gasteiger partial charge in [0, 0.05) is 14.2 Å². The quantitative estimate of drug-likeness (QED) is 0.405. The van der Waals surface area contributed by atoms with Crippen molar-refractivity contribution < 1.29 is 18.8 Å². The van der Waals surface area contributed by atoms with Crippen molar-refractivity contribution in [2.45, 2.75) is 6.29 Å². The summed E-state index contributed by atoms with van der Waals surface area (Å²) >= 11 is 0. The average molecular weight is 187 g/mol. The third kappa shape index (κ3) is 2.04. The molecule has 6 nitrogen and oxygen atoms in total. The van der Waals surface area contributed by atoms with Crippen LogP contribution < -0.4 is 0 Å². The van der Waals surface area contributed by atoms with Gasteiger partial charge in [-0.2, -0.15) is 0 Å². The van der Waals surface area contributed by atoms with Gasteiger partial charge in [0.05, 0.1) is 6.07 Å². The molecule has 0 fully saturated rings. The van der Waals surface area contributed by atoms with Crippen LogP contribution in [0.4, 0.5) is 5.88 Å². The largest absolute Gasteiger partial charge is 0.433 e. The fourth-order valence-electron chi connectivity index (χ4n) is 0.896. The Balaban J connectivity index is 2.84. The SMILES string of the molecule is COC(OC)c1ccc([N+](=O)[O-])o1. The highest BCUT2D eigenvalue weighted by Crippen LogP contribution is 2.23. The summed E-state index contributed by atoms with van der Waals surface area (Å²) in [5.41, 5.74) is 0. The zero-order valence-electron chi connectivity index (χ0n) is 7.22. The molecule has 13 heavy (non-hydrogen) atoms. The minimum Gasteiger partial charge on any atom is -0.400 e. The smallest absolute Gasteiger partial charge is 0.400 e. The summed E-state index contributed by atoms with van der Waals surface area (Å²) in [6.45, 7) is 0. The Kier molecular flexibility index (Phi) is 2.99. The van der Waals surface area contributed by atoms with Crippen LogP contribution in [0.2, 0.25) is 0 Å². The van der Waals surface area contributed by atoms with Gasteiger partial charge in [-0.15, -0.1) is 0 Å². The van der Waals surface area contributed by atoms with Crippen molar-refractivity contribution in [3.63, 3.8) is 0 Å². The molecule has 0 N–H and O–H groups in total. The lowest BCUT2D eigenvalue weighted by Gasteiger charge is -2.08. The molecule has 0 unspecified atom stereocenters. The van der Waals surface area contributed by atoms with Crippen LogP contribution in [0.3, 0.4) is 0 Å². The highest BCUT2D eigenvalue weighted by Gasteiger charge is 2.18. The predicted octanol–water partition coefficient (Wildman–Crippen LogP) is 1.48. The van der Waals surface area contributed by atoms with E-state index in [2.05, 4.69) is 0 Å². The molecule has 1 rings (SSSR count). The van der Waals surface area contributed by atoms with E-state index in [1.54, 1.807) is 0 Å². The Morgan fingerprint density at radius 1 is 1.46 bits per heavy atom. The summed E-state index contributed by atoms with van der Waals surface area (Å²) in [5, 5.41) is 10.2. The molecule has 0 aliphatic heterocycles. The minimum absolute atomic E-state index is 0.275. The normalized spacial score (nSPS) is 10.7. The molecule has 0 aliphatic carbocycles. The summed E-state index contributed by atoms with van der Waals surface area (Å²) in [4.78, 5) is 9.62. The molecular formula is C7H9NO5. The van der Waals surface area contributed by atoms with Crippen LogP contribution in [-0.4, -0.2) is 19.1 Å². The molecule has 0 saturated heterocycles. The highest BCUT2D eigenvalue weighted by molar-refractivity contribution is 5.18. The van der Waals surface area contributed by atoms with Gasteiger partial charge in [0.25, 0.3) is 0 Å². The number of nitrogens with zero attached hydrogens (tertiary/aromatic N) is 1. The van der Waals surface area contributed by atoms with E-state index in [1.165, 1.54) is 26.4 Å². The molecule has 0 spiro atoms. The fourth-order valence-corrected chi connectivity index (χ4v) is 0.896. The van der Waals surface area contributed by atoms with Crippen molar-refractivity contribution in [1.29, 1.82) is 0 Å². The van der Waals surface area contributed by atoms with Crippen LogP contribution >= 0.6 is 0 Å². The van der Waals surface area contributed by atoms with Gasteiger partial charge in [0.1, 0.15) is 4.92 Å². The Morgan fingerprint density at radius 2 is 2.08 bits per heavy atom. The Bertz CT molecular complexity index is 291. The molecule has 0 atom stereocenters. The first-order chi connectivity index (χ1) is 6.19. The van der Waals surface area contributed by atoms with E-state index in [0.717, 1.165) is 0 Å². The molecule has 0 saturated carbocycles. The molecule has 72 valence electrons. The number of hydrogen-bond acceptors (Lipinski definition) is 5. The number of nitro groups is 1. The average Bonchev–Trinajstić information content (AvgIpc) is 2.56. The molecule has 1 aromatic rings. The first-order valence-electron chi connectivity index (χ1n) is 3.48. The minimum atomic E-state index is -0.700. The molecule has 1 heterocycles. The second-order valence-corrected chi connectivity index (χ2v) is 2.24. The summed E-state index contributed by atoms with van der Waals surface area (Å²) < 4.78 is 14.5. The molecule has 1 aromatic heterocycles. The molecule has 0 radical (unpaired) electrons. The van der Waals surface area contributed by atoms with Crippen LogP contribution in [-0.2, 0) is 9.47 Å². The van der Waals surface area contributed by atoms with Gasteiger partial charge < -0.3 is 13.9 Å². The van der Waals surface area contributed by atoms with Crippen LogP contribution in [0.15, 0.2) is 16.5 Å². The van der Waals surface area contributed by atoms with Crippen molar-refractivity contribution >= 4 is 5.88 Å². The van der Waals surface area contributed by atoms with Gasteiger partial charge in [0.15, 0.2) is 5.76 Å². The standard InChI is InChI=1S/C7H9NO5/c1-11-7(12-2)5-3-4-6(13-5)8(9)10/h3-4,7H,1-2H3. The van der Waals surface area contributed by atoms with Gasteiger partial charge in [-0.1, -0.05) is 0 Å². The maximum atomic E-state index is 10.2. The van der Waals surface area contributed by atoms with Crippen molar-refractivity contribution in [3.05, 3.63) is 28.0 Å². The van der Waals surface area contributed by atoms with Gasteiger partial charge >= 0.3 is 5.88 Å². The number of ether oxygens (including phenoxy) is 2. The number of furan rings is 1. The van der Waals surface area contributed by atoms with Gasteiger partial charge in [-0.05, 0) is 6.07 Å². The maximum absolute atomic E-state index is 10.2. The van der Waals surface area contributed by atoms with Crippen LogP contribution in [0.1, 0.15) is 12.1 Å². The molecule has 0 amide bonds. The lowest BCUT2D eigenvalue weighted by atomic mass is 10.4. The molecule has 0 bridgehead atoms. The van der Waals surface area contributed by atoms with Crippen molar-refractivity contribution in [2.75, 3.05) is 14.2 Å². The van der Waals surface area contributed by atoms with E-state index < -0.39 is 11.2 Å². The van der Waals surface area contributed by atoms with E-state index in [-0.39, 0.29) is 11.6 Å². The van der Waals surface area contributed by atoms with E-state index in [0.29, 0.717) is 0 Å². The topological polar surface area (TPSA) is 74.7 Å². The first-order valence-corrected chi connectivity index (χ1v) is 3.48. The summed E-state index contributed by atoms with van der Waals surface area (Å²) in [6.07, 6.45) is -0.700. The summed E-state index contributed by atoms with van der Waals surface area (Å²) in [6, 6.07) is 2.69. The van der Waals surface area contributed by atoms with Crippen molar-refractivity contribution in [3.8, 4) is 0 Å². The Labute approximate surface area is 74.2 Å². The lowest BCUT2D eigenvalue weighted by molar-refractivity contribution is -0.402. The molecule has 0 aliphatic rings. The second-order valence-electron chi connectivity index (χ2n) is 2.24. The van der Waals surface area contributed by atoms with Gasteiger partial charge in [-0.3, -0.25) is 10.1 Å². The summed E-state index contributed by atoms with van der Waals surface area (Å²) in [5.74, 6) is -0.0502. The first kappa shape index (κ1) is 9.69. The summed E-state index contributed by atoms with van der Waals surface area (Å²) in [7, 11) is 2.84. The van der Waals surface area contributed by atoms with E-state index >= 15 is 0 Å². The van der Waals surface area contributed by atoms with Gasteiger partial charge in [0.2, 0.25) is 6.29 Å². The van der Waals surface area contributed by atoms with E-state index in [9.17, 15) is 10.1 Å².